The molecule has 0 amide bonds. The first-order valence-corrected chi connectivity index (χ1v) is 6.04. The van der Waals surface area contributed by atoms with Crippen molar-refractivity contribution in [1.29, 1.82) is 0 Å². The smallest absolute Gasteiger partial charge is 0.149 e. The lowest BCUT2D eigenvalue weighted by Gasteiger charge is -2.17. The predicted octanol–water partition coefficient (Wildman–Crippen LogP) is 1.68. The molecule has 16 heavy (non-hydrogen) atoms. The predicted molar refractivity (Wildman–Crippen MR) is 63.1 cm³/mol. The monoisotopic (exact) mass is 237 g/mol. The van der Waals surface area contributed by atoms with Crippen LogP contribution < -0.4 is 5.32 Å². The molecular formula is C10H15N5S. The first-order valence-electron chi connectivity index (χ1n) is 5.17. The minimum atomic E-state index is 0.171. The van der Waals surface area contributed by atoms with Crippen molar-refractivity contribution in [2.24, 2.45) is 7.05 Å². The molecule has 6 heteroatoms. The minimum absolute atomic E-state index is 0.171. The molecule has 0 radical (unpaired) electrons. The van der Waals surface area contributed by atoms with Crippen LogP contribution in [0.5, 0.6) is 0 Å². The molecule has 5 nitrogen and oxygen atoms in total. The van der Waals surface area contributed by atoms with Gasteiger partial charge in [0.2, 0.25) is 0 Å². The van der Waals surface area contributed by atoms with E-state index in [9.17, 15) is 0 Å². The molecule has 0 saturated carbocycles. The Bertz CT molecular complexity index is 436. The van der Waals surface area contributed by atoms with E-state index in [1.807, 2.05) is 23.3 Å². The van der Waals surface area contributed by atoms with Gasteiger partial charge in [0.25, 0.3) is 0 Å². The van der Waals surface area contributed by atoms with E-state index in [-0.39, 0.29) is 12.1 Å². The van der Waals surface area contributed by atoms with Gasteiger partial charge in [0, 0.05) is 24.2 Å². The second-order valence-electron chi connectivity index (χ2n) is 3.81. The Morgan fingerprint density at radius 3 is 2.75 bits per heavy atom. The van der Waals surface area contributed by atoms with Gasteiger partial charge in [-0.2, -0.15) is 0 Å². The molecule has 0 spiro atoms. The maximum absolute atomic E-state index is 4.09. The van der Waals surface area contributed by atoms with Gasteiger partial charge in [-0.3, -0.25) is 4.98 Å². The second kappa shape index (κ2) is 4.71. The number of nitrogens with one attached hydrogen (secondary N) is 1. The molecule has 2 aromatic heterocycles. The molecule has 2 aromatic rings. The van der Waals surface area contributed by atoms with Crippen LogP contribution in [0.25, 0.3) is 0 Å². The van der Waals surface area contributed by atoms with Gasteiger partial charge in [0.15, 0.2) is 0 Å². The molecule has 86 valence electrons. The summed E-state index contributed by atoms with van der Waals surface area (Å²) < 4.78 is 1.93. The van der Waals surface area contributed by atoms with Crippen molar-refractivity contribution in [2.75, 3.05) is 0 Å². The maximum Gasteiger partial charge on any atom is 0.149 e. The lowest BCUT2D eigenvalue weighted by Crippen LogP contribution is -2.24. The fraction of sp³-hybridized carbons (Fsp3) is 0.500. The zero-order chi connectivity index (χ0) is 11.5. The SMILES string of the molecule is CC(NC(C)c1nncn1C)c1cncs1. The summed E-state index contributed by atoms with van der Waals surface area (Å²) in [5.41, 5.74) is 1.85. The van der Waals surface area contributed by atoms with Crippen molar-refractivity contribution in [3.05, 3.63) is 28.7 Å². The summed E-state index contributed by atoms with van der Waals surface area (Å²) in [5.74, 6) is 0.941. The minimum Gasteiger partial charge on any atom is -0.319 e. The molecule has 0 aliphatic heterocycles. The van der Waals surface area contributed by atoms with E-state index >= 15 is 0 Å². The highest BCUT2D eigenvalue weighted by Crippen LogP contribution is 2.20. The normalized spacial score (nSPS) is 14.9. The largest absolute Gasteiger partial charge is 0.319 e. The van der Waals surface area contributed by atoms with Gasteiger partial charge >= 0.3 is 0 Å². The highest BCUT2D eigenvalue weighted by Gasteiger charge is 2.15. The quantitative estimate of drug-likeness (QED) is 0.879. The van der Waals surface area contributed by atoms with Crippen LogP contribution in [0.3, 0.4) is 0 Å². The van der Waals surface area contributed by atoms with E-state index in [1.165, 1.54) is 4.88 Å². The molecular weight excluding hydrogens is 222 g/mol. The summed E-state index contributed by atoms with van der Waals surface area (Å²) in [6.45, 7) is 4.21. The van der Waals surface area contributed by atoms with Gasteiger partial charge in [0.1, 0.15) is 12.2 Å². The molecule has 2 heterocycles. The second-order valence-corrected chi connectivity index (χ2v) is 4.73. The van der Waals surface area contributed by atoms with Crippen molar-refractivity contribution in [3.63, 3.8) is 0 Å². The van der Waals surface area contributed by atoms with Gasteiger partial charge in [0.05, 0.1) is 11.6 Å². The number of hydrogen-bond acceptors (Lipinski definition) is 5. The zero-order valence-electron chi connectivity index (χ0n) is 9.58. The third-order valence-electron chi connectivity index (χ3n) is 2.51. The highest BCUT2D eigenvalue weighted by molar-refractivity contribution is 7.09. The third kappa shape index (κ3) is 2.28. The summed E-state index contributed by atoms with van der Waals surface area (Å²) in [4.78, 5) is 5.31. The molecule has 2 rings (SSSR count). The number of nitrogens with zero attached hydrogens (tertiary/aromatic N) is 4. The van der Waals surface area contributed by atoms with E-state index < -0.39 is 0 Å². The fourth-order valence-electron chi connectivity index (χ4n) is 1.66. The first kappa shape index (κ1) is 11.2. The Balaban J connectivity index is 2.03. The van der Waals surface area contributed by atoms with E-state index in [0.29, 0.717) is 0 Å². The molecule has 0 bridgehead atoms. The summed E-state index contributed by atoms with van der Waals surface area (Å²) in [6.07, 6.45) is 3.61. The van der Waals surface area contributed by atoms with Gasteiger partial charge in [-0.05, 0) is 13.8 Å². The Hall–Kier alpha value is -1.27. The van der Waals surface area contributed by atoms with Gasteiger partial charge < -0.3 is 9.88 Å². The molecule has 1 N–H and O–H groups in total. The summed E-state index contributed by atoms with van der Waals surface area (Å²) in [5, 5.41) is 11.4. The van der Waals surface area contributed by atoms with Crippen LogP contribution in [-0.4, -0.2) is 19.7 Å². The number of aromatic nitrogens is 4. The third-order valence-corrected chi connectivity index (χ3v) is 3.47. The van der Waals surface area contributed by atoms with Crippen molar-refractivity contribution in [1.82, 2.24) is 25.1 Å². The van der Waals surface area contributed by atoms with E-state index in [1.54, 1.807) is 17.7 Å². The number of rotatable bonds is 4. The van der Waals surface area contributed by atoms with E-state index in [4.69, 9.17) is 0 Å². The maximum atomic E-state index is 4.09. The van der Waals surface area contributed by atoms with Crippen LogP contribution in [0.2, 0.25) is 0 Å². The lowest BCUT2D eigenvalue weighted by atomic mass is 10.2. The van der Waals surface area contributed by atoms with Crippen molar-refractivity contribution in [2.45, 2.75) is 25.9 Å². The average Bonchev–Trinajstić information content (AvgIpc) is 2.86. The molecule has 2 atom stereocenters. The van der Waals surface area contributed by atoms with Crippen molar-refractivity contribution < 1.29 is 0 Å². The standard InChI is InChI=1S/C10H15N5S/c1-7(9-4-11-6-16-9)13-8(2)10-14-12-5-15(10)3/h4-8,13H,1-3H3. The lowest BCUT2D eigenvalue weighted by molar-refractivity contribution is 0.470. The number of thiazole rings is 1. The van der Waals surface area contributed by atoms with Crippen molar-refractivity contribution >= 4 is 11.3 Å². The van der Waals surface area contributed by atoms with Gasteiger partial charge in [-0.25, -0.2) is 0 Å². The summed E-state index contributed by atoms with van der Waals surface area (Å²) in [6, 6.07) is 0.448. The molecule has 0 fully saturated rings. The Morgan fingerprint density at radius 1 is 1.38 bits per heavy atom. The van der Waals surface area contributed by atoms with Crippen molar-refractivity contribution in [3.8, 4) is 0 Å². The summed E-state index contributed by atoms with van der Waals surface area (Å²) in [7, 11) is 1.95. The average molecular weight is 237 g/mol. The van der Waals surface area contributed by atoms with Crippen LogP contribution >= 0.6 is 11.3 Å². The number of hydrogen-bond donors (Lipinski definition) is 1. The van der Waals surface area contributed by atoms with Crippen LogP contribution in [0.1, 0.15) is 36.6 Å². The fourth-order valence-corrected chi connectivity index (χ4v) is 2.29. The molecule has 2 unspecified atom stereocenters. The van der Waals surface area contributed by atoms with Crippen LogP contribution in [0, 0.1) is 0 Å². The Morgan fingerprint density at radius 2 is 2.19 bits per heavy atom. The Kier molecular flexibility index (Phi) is 3.31. The van der Waals surface area contributed by atoms with E-state index in [2.05, 4.69) is 34.3 Å². The van der Waals surface area contributed by atoms with Crippen LogP contribution in [0.15, 0.2) is 18.0 Å². The molecule has 0 aliphatic carbocycles. The molecule has 0 saturated heterocycles. The summed E-state index contributed by atoms with van der Waals surface area (Å²) >= 11 is 1.66. The highest BCUT2D eigenvalue weighted by atomic mass is 32.1. The van der Waals surface area contributed by atoms with E-state index in [0.717, 1.165) is 5.82 Å². The van der Waals surface area contributed by atoms with Gasteiger partial charge in [-0.15, -0.1) is 21.5 Å². The Labute approximate surface area is 98.5 Å². The first-order chi connectivity index (χ1) is 7.68. The zero-order valence-corrected chi connectivity index (χ0v) is 10.4. The van der Waals surface area contributed by atoms with Crippen LogP contribution in [-0.2, 0) is 7.05 Å². The van der Waals surface area contributed by atoms with Crippen LogP contribution in [0.4, 0.5) is 0 Å². The topological polar surface area (TPSA) is 55.6 Å². The molecule has 0 aromatic carbocycles. The number of aryl methyl sites for hydroxylation is 1. The molecule has 0 aliphatic rings. The van der Waals surface area contributed by atoms with Gasteiger partial charge in [-0.1, -0.05) is 0 Å².